The van der Waals surface area contributed by atoms with Gasteiger partial charge in [-0.3, -0.25) is 9.80 Å². The first-order valence-electron chi connectivity index (χ1n) is 23.4. The number of nitrogens with zero attached hydrogens (tertiary/aromatic N) is 2. The molecule has 0 aromatic heterocycles. The van der Waals surface area contributed by atoms with Crippen LogP contribution in [0.5, 0.6) is 0 Å². The maximum absolute atomic E-state index is 12.5. The number of fused-ring (bicyclic) bond motifs is 10. The van der Waals surface area contributed by atoms with Crippen LogP contribution in [0, 0.1) is 11.8 Å². The van der Waals surface area contributed by atoms with Crippen LogP contribution in [0.1, 0.15) is 188 Å². The van der Waals surface area contributed by atoms with E-state index in [2.05, 4.69) is 79.6 Å². The fourth-order valence-electron chi connectivity index (χ4n) is 12.0. The molecule has 8 rings (SSSR count). The number of rotatable bonds is 19. The molecule has 0 radical (unpaired) electrons. The van der Waals surface area contributed by atoms with Crippen LogP contribution < -0.4 is 21.3 Å². The topological polar surface area (TPSA) is 88.7 Å². The molecule has 4 atom stereocenters. The first kappa shape index (κ1) is 39.7. The Balaban J connectivity index is 0.570. The van der Waals surface area contributed by atoms with E-state index in [9.17, 15) is 9.59 Å². The number of hydrogen-bond acceptors (Lipinski definition) is 4. The summed E-state index contributed by atoms with van der Waals surface area (Å²) in [6.07, 6.45) is 26.8. The third-order valence-corrected chi connectivity index (χ3v) is 15.1. The highest BCUT2D eigenvalue weighted by Crippen LogP contribution is 2.54. The molecule has 2 saturated carbocycles. The third-order valence-electron chi connectivity index (χ3n) is 15.1. The number of amides is 4. The van der Waals surface area contributed by atoms with Gasteiger partial charge in [0.1, 0.15) is 0 Å². The molecule has 0 spiro atoms. The molecule has 8 nitrogen and oxygen atoms in total. The molecular formula is C48H72N6O2. The smallest absolute Gasteiger partial charge is 0.315 e. The Morgan fingerprint density at radius 3 is 1.11 bits per heavy atom. The van der Waals surface area contributed by atoms with Gasteiger partial charge in [-0.25, -0.2) is 9.59 Å². The van der Waals surface area contributed by atoms with E-state index in [1.807, 2.05) is 0 Å². The summed E-state index contributed by atoms with van der Waals surface area (Å²) in [5.74, 6) is 1.60. The van der Waals surface area contributed by atoms with Crippen LogP contribution in [0.4, 0.5) is 9.59 Å². The number of hydrogen-bond donors (Lipinski definition) is 4. The van der Waals surface area contributed by atoms with Crippen LogP contribution in [0.25, 0.3) is 0 Å². The predicted molar refractivity (Wildman–Crippen MR) is 226 cm³/mol. The molecule has 6 aliphatic rings. The van der Waals surface area contributed by atoms with Crippen molar-refractivity contribution < 1.29 is 9.59 Å². The van der Waals surface area contributed by atoms with E-state index >= 15 is 0 Å². The van der Waals surface area contributed by atoms with Crippen LogP contribution in [0.3, 0.4) is 0 Å². The van der Waals surface area contributed by atoms with E-state index in [0.717, 1.165) is 63.5 Å². The Morgan fingerprint density at radius 2 is 0.768 bits per heavy atom. The minimum atomic E-state index is 0.0243. The zero-order valence-corrected chi connectivity index (χ0v) is 34.3. The van der Waals surface area contributed by atoms with E-state index in [1.54, 1.807) is 22.3 Å². The number of unbranched alkanes of at least 4 members (excludes halogenated alkanes) is 7. The summed E-state index contributed by atoms with van der Waals surface area (Å²) in [5, 5.41) is 12.8. The normalized spacial score (nSPS) is 29.2. The molecule has 2 aliphatic carbocycles. The zero-order chi connectivity index (χ0) is 38.1. The van der Waals surface area contributed by atoms with Crippen molar-refractivity contribution in [2.24, 2.45) is 11.8 Å². The zero-order valence-electron chi connectivity index (χ0n) is 34.3. The van der Waals surface area contributed by atoms with E-state index < -0.39 is 0 Å². The minimum Gasteiger partial charge on any atom is -0.338 e. The lowest BCUT2D eigenvalue weighted by Crippen LogP contribution is -2.44. The lowest BCUT2D eigenvalue weighted by Gasteiger charge is -2.31. The second-order valence-corrected chi connectivity index (χ2v) is 18.6. The lowest BCUT2D eigenvalue weighted by molar-refractivity contribution is 0.185. The highest BCUT2D eigenvalue weighted by atomic mass is 16.2. The van der Waals surface area contributed by atoms with E-state index in [0.29, 0.717) is 36.3 Å². The number of carbonyl (C=O) groups excluding carboxylic acids is 2. The summed E-state index contributed by atoms with van der Waals surface area (Å²) >= 11 is 0. The molecule has 8 heteroatoms. The van der Waals surface area contributed by atoms with Gasteiger partial charge >= 0.3 is 12.1 Å². The standard InChI is InChI=1S/C48H72N6O2/c55-47(51-37-21-17-35(18-22-37)29-33-53-43-25-26-44(53)40-14-8-7-13-39(40)43)49-31-11-5-3-1-2-4-6-12-32-50-48(56)52-38-23-19-36(20-24-38)30-34-54-45-27-28-46(54)42-16-10-9-15-41(42)45/h7-10,13-16,35-38,43-46H,1-6,11-12,17-34H2,(H2,49,51,55)(H2,50,52,56)/t35?,36?,37?,38?,43-,44+,45-,46+. The molecule has 306 valence electrons. The number of nitrogens with one attached hydrogen (secondary N) is 4. The third kappa shape index (κ3) is 9.77. The van der Waals surface area contributed by atoms with Crippen molar-refractivity contribution in [3.63, 3.8) is 0 Å². The highest BCUT2D eigenvalue weighted by Gasteiger charge is 2.44. The van der Waals surface area contributed by atoms with Crippen molar-refractivity contribution in [1.29, 1.82) is 0 Å². The molecule has 56 heavy (non-hydrogen) atoms. The van der Waals surface area contributed by atoms with Crippen molar-refractivity contribution in [3.8, 4) is 0 Å². The molecule has 2 saturated heterocycles. The monoisotopic (exact) mass is 765 g/mol. The minimum absolute atomic E-state index is 0.0243. The van der Waals surface area contributed by atoms with Gasteiger partial charge in [-0.1, -0.05) is 87.1 Å². The maximum Gasteiger partial charge on any atom is 0.315 e. The van der Waals surface area contributed by atoms with Crippen molar-refractivity contribution in [3.05, 3.63) is 70.8 Å². The Kier molecular flexibility index (Phi) is 13.9. The van der Waals surface area contributed by atoms with E-state index in [1.165, 1.54) is 116 Å². The van der Waals surface area contributed by atoms with Gasteiger partial charge in [-0.15, -0.1) is 0 Å². The molecule has 4 fully saturated rings. The number of carbonyl (C=O) groups is 2. The van der Waals surface area contributed by atoms with Crippen LogP contribution >= 0.6 is 0 Å². The summed E-state index contributed by atoms with van der Waals surface area (Å²) in [7, 11) is 0. The van der Waals surface area contributed by atoms with Crippen molar-refractivity contribution in [2.45, 2.75) is 178 Å². The summed E-state index contributed by atoms with van der Waals surface area (Å²) in [5.41, 5.74) is 6.35. The predicted octanol–water partition coefficient (Wildman–Crippen LogP) is 10.4. The Bertz CT molecular complexity index is 1390. The summed E-state index contributed by atoms with van der Waals surface area (Å²) in [6, 6.07) is 21.6. The van der Waals surface area contributed by atoms with Gasteiger partial charge in [-0.05, 0) is 150 Å². The van der Waals surface area contributed by atoms with Gasteiger partial charge in [-0.2, -0.15) is 0 Å². The van der Waals surface area contributed by atoms with Gasteiger partial charge in [0, 0.05) is 49.3 Å². The first-order valence-corrected chi connectivity index (χ1v) is 23.4. The molecule has 4 amide bonds. The van der Waals surface area contributed by atoms with Gasteiger partial charge in [0.05, 0.1) is 0 Å². The second-order valence-electron chi connectivity index (χ2n) is 18.6. The quantitative estimate of drug-likeness (QED) is 0.107. The molecule has 4 heterocycles. The molecule has 2 aromatic carbocycles. The highest BCUT2D eigenvalue weighted by molar-refractivity contribution is 5.74. The SMILES string of the molecule is O=C(NCCCCCCCCCCNC(=O)NC1CCC(CCN2[C@@H]3CC[C@H]2c2ccccc23)CC1)NC1CCC(CCN2[C@@H]3CC[C@H]2c2ccccc23)CC1. The van der Waals surface area contributed by atoms with E-state index in [-0.39, 0.29) is 12.1 Å². The van der Waals surface area contributed by atoms with Gasteiger partial charge in [0.25, 0.3) is 0 Å². The van der Waals surface area contributed by atoms with Crippen LogP contribution in [0.2, 0.25) is 0 Å². The van der Waals surface area contributed by atoms with Crippen molar-refractivity contribution in [1.82, 2.24) is 31.1 Å². The fraction of sp³-hybridized carbons (Fsp3) is 0.708. The maximum atomic E-state index is 12.5. The Labute approximate surface area is 338 Å². The number of urea groups is 2. The first-order chi connectivity index (χ1) is 27.6. The summed E-state index contributed by atoms with van der Waals surface area (Å²) in [4.78, 5) is 30.6. The number of benzene rings is 2. The molecule has 2 aromatic rings. The average Bonchev–Trinajstić information content (AvgIpc) is 3.99. The lowest BCUT2D eigenvalue weighted by atomic mass is 9.84. The molecule has 4 N–H and O–H groups in total. The van der Waals surface area contributed by atoms with Crippen LogP contribution in [-0.4, -0.2) is 60.1 Å². The van der Waals surface area contributed by atoms with E-state index in [4.69, 9.17) is 0 Å². The molecule has 0 unspecified atom stereocenters. The Hall–Kier alpha value is -3.10. The Morgan fingerprint density at radius 1 is 0.446 bits per heavy atom. The van der Waals surface area contributed by atoms with Gasteiger partial charge in [0.15, 0.2) is 0 Å². The summed E-state index contributed by atoms with van der Waals surface area (Å²) in [6.45, 7) is 3.99. The van der Waals surface area contributed by atoms with Gasteiger partial charge in [0.2, 0.25) is 0 Å². The molecule has 4 bridgehead atoms. The van der Waals surface area contributed by atoms with Crippen molar-refractivity contribution in [2.75, 3.05) is 26.2 Å². The molecular weight excluding hydrogens is 693 g/mol. The fourth-order valence-corrected chi connectivity index (χ4v) is 12.0. The largest absolute Gasteiger partial charge is 0.338 e. The molecule has 4 aliphatic heterocycles. The summed E-state index contributed by atoms with van der Waals surface area (Å²) < 4.78 is 0. The van der Waals surface area contributed by atoms with Gasteiger partial charge < -0.3 is 21.3 Å². The average molecular weight is 765 g/mol. The van der Waals surface area contributed by atoms with Crippen LogP contribution in [-0.2, 0) is 0 Å². The second kappa shape index (κ2) is 19.6. The van der Waals surface area contributed by atoms with Crippen molar-refractivity contribution >= 4 is 12.1 Å². The van der Waals surface area contributed by atoms with Crippen LogP contribution in [0.15, 0.2) is 48.5 Å².